The average Bonchev–Trinajstić information content (AvgIpc) is 2.92. The van der Waals surface area contributed by atoms with Crippen LogP contribution in [0.5, 0.6) is 0 Å². The monoisotopic (exact) mass is 315 g/mol. The second-order valence-corrected chi connectivity index (χ2v) is 5.51. The van der Waals surface area contributed by atoms with Gasteiger partial charge in [0.25, 0.3) is 5.91 Å². The summed E-state index contributed by atoms with van der Waals surface area (Å²) < 4.78 is 0. The summed E-state index contributed by atoms with van der Waals surface area (Å²) in [6.45, 7) is 0.149. The summed E-state index contributed by atoms with van der Waals surface area (Å²) in [5.41, 5.74) is 1.20. The molecule has 6 heteroatoms. The van der Waals surface area contributed by atoms with Crippen LogP contribution >= 0.6 is 34.5 Å². The number of thiophene rings is 1. The van der Waals surface area contributed by atoms with Crippen molar-refractivity contribution in [1.82, 2.24) is 5.32 Å². The number of aliphatic hydroxyl groups is 1. The maximum atomic E-state index is 11.9. The molecule has 100 valence electrons. The highest BCUT2D eigenvalue weighted by Gasteiger charge is 2.12. The van der Waals surface area contributed by atoms with Gasteiger partial charge in [-0.1, -0.05) is 23.2 Å². The summed E-state index contributed by atoms with van der Waals surface area (Å²) in [7, 11) is 0. The molecule has 0 bridgehead atoms. The Balaban J connectivity index is 1.96. The summed E-state index contributed by atoms with van der Waals surface area (Å²) >= 11 is 13.1. The molecule has 1 amide bonds. The van der Waals surface area contributed by atoms with E-state index in [0.29, 0.717) is 15.6 Å². The van der Waals surface area contributed by atoms with Crippen molar-refractivity contribution in [3.8, 4) is 0 Å². The Hall–Kier alpha value is -1.07. The molecular weight excluding hydrogens is 305 g/mol. The lowest BCUT2D eigenvalue weighted by Crippen LogP contribution is -2.28. The van der Waals surface area contributed by atoms with Crippen LogP contribution in [0, 0.1) is 0 Å². The van der Waals surface area contributed by atoms with Gasteiger partial charge in [-0.25, -0.2) is 0 Å². The average molecular weight is 316 g/mol. The SMILES string of the molecule is O=C(NCC(O)c1ccsc1)c1ccc(Cl)c(Cl)c1. The summed E-state index contributed by atoms with van der Waals surface area (Å²) in [6, 6.07) is 6.46. The van der Waals surface area contributed by atoms with Crippen molar-refractivity contribution in [2.75, 3.05) is 6.54 Å². The van der Waals surface area contributed by atoms with Crippen LogP contribution in [0.3, 0.4) is 0 Å². The van der Waals surface area contributed by atoms with Crippen LogP contribution in [-0.4, -0.2) is 17.6 Å². The molecule has 0 fully saturated rings. The lowest BCUT2D eigenvalue weighted by atomic mass is 10.2. The molecule has 1 atom stereocenters. The zero-order valence-electron chi connectivity index (χ0n) is 9.77. The third kappa shape index (κ3) is 3.70. The van der Waals surface area contributed by atoms with Crippen LogP contribution in [0.25, 0.3) is 0 Å². The van der Waals surface area contributed by atoms with E-state index in [2.05, 4.69) is 5.32 Å². The van der Waals surface area contributed by atoms with E-state index in [1.54, 1.807) is 12.1 Å². The van der Waals surface area contributed by atoms with Gasteiger partial charge < -0.3 is 10.4 Å². The van der Waals surface area contributed by atoms with Gasteiger partial charge in [-0.2, -0.15) is 11.3 Å². The molecule has 2 N–H and O–H groups in total. The molecule has 0 saturated carbocycles. The molecule has 2 rings (SSSR count). The number of rotatable bonds is 4. The highest BCUT2D eigenvalue weighted by Crippen LogP contribution is 2.22. The van der Waals surface area contributed by atoms with Crippen LogP contribution in [0.1, 0.15) is 22.0 Å². The zero-order valence-corrected chi connectivity index (χ0v) is 12.1. The Kier molecular flexibility index (Phi) is 4.82. The van der Waals surface area contributed by atoms with Gasteiger partial charge in [0.2, 0.25) is 0 Å². The molecule has 3 nitrogen and oxygen atoms in total. The van der Waals surface area contributed by atoms with E-state index < -0.39 is 6.10 Å². The van der Waals surface area contributed by atoms with Gasteiger partial charge in [-0.15, -0.1) is 0 Å². The highest BCUT2D eigenvalue weighted by molar-refractivity contribution is 7.07. The highest BCUT2D eigenvalue weighted by atomic mass is 35.5. The Bertz CT molecular complexity index is 572. The van der Waals surface area contributed by atoms with E-state index in [0.717, 1.165) is 5.56 Å². The van der Waals surface area contributed by atoms with Crippen molar-refractivity contribution in [2.24, 2.45) is 0 Å². The molecule has 0 aliphatic heterocycles. The molecule has 0 aliphatic carbocycles. The predicted octanol–water partition coefficient (Wildman–Crippen LogP) is 3.52. The van der Waals surface area contributed by atoms with Gasteiger partial charge in [0, 0.05) is 12.1 Å². The number of hydrogen-bond donors (Lipinski definition) is 2. The molecule has 0 spiro atoms. The normalized spacial score (nSPS) is 12.2. The van der Waals surface area contributed by atoms with Gasteiger partial charge in [-0.05, 0) is 40.6 Å². The quantitative estimate of drug-likeness (QED) is 0.907. The second-order valence-electron chi connectivity index (χ2n) is 3.91. The third-order valence-corrected chi connectivity index (χ3v) is 4.01. The van der Waals surface area contributed by atoms with Gasteiger partial charge in [0.05, 0.1) is 16.1 Å². The van der Waals surface area contributed by atoms with Crippen molar-refractivity contribution >= 4 is 40.4 Å². The standard InChI is InChI=1S/C13H11Cl2NO2S/c14-10-2-1-8(5-11(10)15)13(18)16-6-12(17)9-3-4-19-7-9/h1-5,7,12,17H,6H2,(H,16,18). The topological polar surface area (TPSA) is 49.3 Å². The van der Waals surface area contributed by atoms with Crippen LogP contribution in [-0.2, 0) is 0 Å². The first-order chi connectivity index (χ1) is 9.08. The fraction of sp³-hybridized carbons (Fsp3) is 0.154. The smallest absolute Gasteiger partial charge is 0.251 e. The lowest BCUT2D eigenvalue weighted by molar-refractivity contribution is 0.0916. The summed E-state index contributed by atoms with van der Waals surface area (Å²) in [5, 5.41) is 16.9. The van der Waals surface area contributed by atoms with E-state index in [9.17, 15) is 9.90 Å². The Morgan fingerprint density at radius 3 is 2.74 bits per heavy atom. The maximum Gasteiger partial charge on any atom is 0.251 e. The number of benzene rings is 1. The number of halogens is 2. The van der Waals surface area contributed by atoms with E-state index in [1.807, 2.05) is 16.8 Å². The fourth-order valence-corrected chi connectivity index (χ4v) is 2.52. The first kappa shape index (κ1) is 14.3. The molecule has 0 aliphatic rings. The van der Waals surface area contributed by atoms with Crippen LogP contribution in [0.2, 0.25) is 10.0 Å². The van der Waals surface area contributed by atoms with E-state index in [-0.39, 0.29) is 12.5 Å². The minimum Gasteiger partial charge on any atom is -0.387 e. The second kappa shape index (κ2) is 6.39. The Morgan fingerprint density at radius 1 is 1.32 bits per heavy atom. The van der Waals surface area contributed by atoms with Crippen LogP contribution in [0.15, 0.2) is 35.0 Å². The first-order valence-electron chi connectivity index (χ1n) is 5.51. The number of amides is 1. The summed E-state index contributed by atoms with van der Waals surface area (Å²) in [5.74, 6) is -0.298. The first-order valence-corrected chi connectivity index (χ1v) is 7.21. The van der Waals surface area contributed by atoms with Crippen LogP contribution < -0.4 is 5.32 Å². The van der Waals surface area contributed by atoms with Crippen molar-refractivity contribution in [3.05, 3.63) is 56.2 Å². The summed E-state index contributed by atoms with van der Waals surface area (Å²) in [4.78, 5) is 11.9. The van der Waals surface area contributed by atoms with Gasteiger partial charge in [-0.3, -0.25) is 4.79 Å². The van der Waals surface area contributed by atoms with Crippen molar-refractivity contribution in [3.63, 3.8) is 0 Å². The third-order valence-electron chi connectivity index (χ3n) is 2.57. The van der Waals surface area contributed by atoms with E-state index in [4.69, 9.17) is 23.2 Å². The maximum absolute atomic E-state index is 11.9. The van der Waals surface area contributed by atoms with Gasteiger partial charge >= 0.3 is 0 Å². The van der Waals surface area contributed by atoms with E-state index in [1.165, 1.54) is 17.4 Å². The van der Waals surface area contributed by atoms with Gasteiger partial charge in [0.1, 0.15) is 0 Å². The fourth-order valence-electron chi connectivity index (χ4n) is 1.51. The number of carbonyl (C=O) groups is 1. The minimum atomic E-state index is -0.710. The predicted molar refractivity (Wildman–Crippen MR) is 78.1 cm³/mol. The van der Waals surface area contributed by atoms with E-state index >= 15 is 0 Å². The number of aliphatic hydroxyl groups excluding tert-OH is 1. The Labute approximate surface area is 124 Å². The molecule has 2 aromatic rings. The molecular formula is C13H11Cl2NO2S. The largest absolute Gasteiger partial charge is 0.387 e. The molecule has 1 heterocycles. The zero-order chi connectivity index (χ0) is 13.8. The number of carbonyl (C=O) groups excluding carboxylic acids is 1. The molecule has 0 radical (unpaired) electrons. The minimum absolute atomic E-state index is 0.149. The molecule has 1 aromatic carbocycles. The molecule has 1 aromatic heterocycles. The molecule has 0 saturated heterocycles. The van der Waals surface area contributed by atoms with Crippen LogP contribution in [0.4, 0.5) is 0 Å². The molecule has 1 unspecified atom stereocenters. The van der Waals surface area contributed by atoms with Crippen molar-refractivity contribution in [1.29, 1.82) is 0 Å². The Morgan fingerprint density at radius 2 is 2.11 bits per heavy atom. The number of hydrogen-bond acceptors (Lipinski definition) is 3. The van der Waals surface area contributed by atoms with Crippen molar-refractivity contribution in [2.45, 2.75) is 6.10 Å². The molecule has 19 heavy (non-hydrogen) atoms. The van der Waals surface area contributed by atoms with Crippen molar-refractivity contribution < 1.29 is 9.90 Å². The number of nitrogens with one attached hydrogen (secondary N) is 1. The van der Waals surface area contributed by atoms with Gasteiger partial charge in [0.15, 0.2) is 0 Å². The lowest BCUT2D eigenvalue weighted by Gasteiger charge is -2.10. The summed E-state index contributed by atoms with van der Waals surface area (Å²) in [6.07, 6.45) is -0.710.